The molecule has 1 heterocycles. The van der Waals surface area contributed by atoms with Crippen molar-refractivity contribution in [2.75, 3.05) is 5.32 Å². The van der Waals surface area contributed by atoms with Crippen molar-refractivity contribution in [2.45, 2.75) is 27.0 Å². The number of anilines is 1. The van der Waals surface area contributed by atoms with Gasteiger partial charge in [-0.25, -0.2) is 0 Å². The summed E-state index contributed by atoms with van der Waals surface area (Å²) in [5, 5.41) is 2.79. The van der Waals surface area contributed by atoms with Crippen LogP contribution in [0.2, 0.25) is 0 Å². The zero-order valence-corrected chi connectivity index (χ0v) is 15.1. The van der Waals surface area contributed by atoms with E-state index in [0.29, 0.717) is 17.8 Å². The van der Waals surface area contributed by atoms with Crippen LogP contribution in [-0.4, -0.2) is 17.1 Å². The maximum atomic E-state index is 12.6. The largest absolute Gasteiger partial charge is 0.435 e. The Morgan fingerprint density at radius 2 is 1.74 bits per heavy atom. The summed E-state index contributed by atoms with van der Waals surface area (Å²) in [5.74, 6) is -0.200. The number of halogens is 2. The van der Waals surface area contributed by atoms with Crippen molar-refractivity contribution < 1.29 is 18.3 Å². The Kier molecular flexibility index (Phi) is 5.54. The molecule has 4 nitrogen and oxygen atoms in total. The normalized spacial score (nSPS) is 10.9. The van der Waals surface area contributed by atoms with Gasteiger partial charge in [0.25, 0.3) is 5.91 Å². The van der Waals surface area contributed by atoms with E-state index in [9.17, 15) is 13.6 Å². The predicted octanol–water partition coefficient (Wildman–Crippen LogP) is 5.01. The van der Waals surface area contributed by atoms with Gasteiger partial charge in [0.15, 0.2) is 0 Å². The van der Waals surface area contributed by atoms with Crippen molar-refractivity contribution in [1.29, 1.82) is 0 Å². The molecule has 1 N–H and O–H groups in total. The van der Waals surface area contributed by atoms with E-state index in [0.717, 1.165) is 17.0 Å². The van der Waals surface area contributed by atoms with Gasteiger partial charge in [-0.05, 0) is 49.7 Å². The minimum atomic E-state index is -2.87. The molecule has 0 unspecified atom stereocenters. The zero-order chi connectivity index (χ0) is 19.4. The molecule has 1 aromatic heterocycles. The van der Waals surface area contributed by atoms with E-state index in [-0.39, 0.29) is 11.7 Å². The molecule has 3 rings (SSSR count). The first-order valence-electron chi connectivity index (χ1n) is 8.51. The molecule has 6 heteroatoms. The second-order valence-corrected chi connectivity index (χ2v) is 6.21. The number of aromatic nitrogens is 1. The van der Waals surface area contributed by atoms with E-state index in [1.807, 2.05) is 50.2 Å². The summed E-state index contributed by atoms with van der Waals surface area (Å²) in [4.78, 5) is 12.6. The number of hydrogen-bond acceptors (Lipinski definition) is 2. The van der Waals surface area contributed by atoms with Crippen LogP contribution in [0.1, 0.15) is 27.3 Å². The molecule has 0 bridgehead atoms. The number of aryl methyl sites for hydroxylation is 1. The lowest BCUT2D eigenvalue weighted by atomic mass is 10.2. The Hall–Kier alpha value is -3.15. The average Bonchev–Trinajstić information content (AvgIpc) is 2.92. The summed E-state index contributed by atoms with van der Waals surface area (Å²) in [6.07, 6.45) is 0. The van der Waals surface area contributed by atoms with Crippen LogP contribution < -0.4 is 10.1 Å². The van der Waals surface area contributed by atoms with Crippen LogP contribution in [0.25, 0.3) is 0 Å². The van der Waals surface area contributed by atoms with Crippen LogP contribution in [0.5, 0.6) is 5.75 Å². The van der Waals surface area contributed by atoms with Crippen molar-refractivity contribution in [2.24, 2.45) is 0 Å². The number of carbonyl (C=O) groups is 1. The van der Waals surface area contributed by atoms with E-state index in [4.69, 9.17) is 0 Å². The Balaban J connectivity index is 1.74. The highest BCUT2D eigenvalue weighted by Gasteiger charge is 2.16. The third kappa shape index (κ3) is 4.53. The molecule has 0 aliphatic rings. The van der Waals surface area contributed by atoms with Crippen molar-refractivity contribution in [3.05, 3.63) is 83.2 Å². The van der Waals surface area contributed by atoms with Gasteiger partial charge < -0.3 is 14.6 Å². The second kappa shape index (κ2) is 8.03. The maximum absolute atomic E-state index is 12.6. The molecule has 140 valence electrons. The molecule has 0 saturated heterocycles. The standard InChI is InChI=1S/C21H20F2N2O2/c1-14-12-19(15(2)25(14)13-16-6-4-3-5-7-16)20(26)24-17-8-10-18(11-9-17)27-21(22)23/h3-12,21H,13H2,1-2H3,(H,24,26). The molecule has 0 aliphatic carbocycles. The van der Waals surface area contributed by atoms with Crippen molar-refractivity contribution >= 4 is 11.6 Å². The fourth-order valence-electron chi connectivity index (χ4n) is 2.96. The number of benzene rings is 2. The van der Waals surface area contributed by atoms with Crippen LogP contribution in [0, 0.1) is 13.8 Å². The summed E-state index contributed by atoms with van der Waals surface area (Å²) in [7, 11) is 0. The number of rotatable bonds is 6. The fourth-order valence-corrected chi connectivity index (χ4v) is 2.96. The minimum absolute atomic E-state index is 0.0454. The number of nitrogens with one attached hydrogen (secondary N) is 1. The van der Waals surface area contributed by atoms with Crippen LogP contribution in [0.3, 0.4) is 0 Å². The number of alkyl halides is 2. The van der Waals surface area contributed by atoms with Gasteiger partial charge in [-0.2, -0.15) is 8.78 Å². The highest BCUT2D eigenvalue weighted by molar-refractivity contribution is 6.05. The van der Waals surface area contributed by atoms with Crippen LogP contribution in [-0.2, 0) is 6.54 Å². The van der Waals surface area contributed by atoms with Crippen LogP contribution in [0.4, 0.5) is 14.5 Å². The zero-order valence-electron chi connectivity index (χ0n) is 15.1. The smallest absolute Gasteiger partial charge is 0.387 e. The van der Waals surface area contributed by atoms with E-state index in [1.165, 1.54) is 24.3 Å². The number of carbonyl (C=O) groups excluding carboxylic acids is 1. The van der Waals surface area contributed by atoms with E-state index in [2.05, 4.69) is 14.6 Å². The lowest BCUT2D eigenvalue weighted by Gasteiger charge is -2.10. The average molecular weight is 370 g/mol. The fraction of sp³-hybridized carbons (Fsp3) is 0.190. The first-order chi connectivity index (χ1) is 12.9. The van der Waals surface area contributed by atoms with Crippen LogP contribution >= 0.6 is 0 Å². The number of hydrogen-bond donors (Lipinski definition) is 1. The van der Waals surface area contributed by atoms with Gasteiger partial charge in [-0.15, -0.1) is 0 Å². The molecule has 0 radical (unpaired) electrons. The molecule has 0 atom stereocenters. The highest BCUT2D eigenvalue weighted by Crippen LogP contribution is 2.21. The Labute approximate surface area is 156 Å². The number of ether oxygens (including phenoxy) is 1. The summed E-state index contributed by atoms with van der Waals surface area (Å²) in [6.45, 7) is 1.68. The summed E-state index contributed by atoms with van der Waals surface area (Å²) >= 11 is 0. The maximum Gasteiger partial charge on any atom is 0.387 e. The molecule has 1 amide bonds. The van der Waals surface area contributed by atoms with Crippen molar-refractivity contribution in [3.63, 3.8) is 0 Å². The van der Waals surface area contributed by atoms with Gasteiger partial charge in [0.2, 0.25) is 0 Å². The minimum Gasteiger partial charge on any atom is -0.435 e. The Bertz CT molecular complexity index is 919. The molecule has 27 heavy (non-hydrogen) atoms. The SMILES string of the molecule is Cc1cc(C(=O)Nc2ccc(OC(F)F)cc2)c(C)n1Cc1ccccc1. The van der Waals surface area contributed by atoms with Gasteiger partial charge in [0, 0.05) is 23.6 Å². The lowest BCUT2D eigenvalue weighted by molar-refractivity contribution is -0.0498. The number of nitrogens with zero attached hydrogens (tertiary/aromatic N) is 1. The first kappa shape index (κ1) is 18.6. The molecular weight excluding hydrogens is 350 g/mol. The van der Waals surface area contributed by atoms with Gasteiger partial charge in [-0.1, -0.05) is 30.3 Å². The third-order valence-electron chi connectivity index (χ3n) is 4.34. The molecule has 0 fully saturated rings. The summed E-state index contributed by atoms with van der Waals surface area (Å²) in [5.41, 5.74) is 4.10. The van der Waals surface area contributed by atoms with Gasteiger partial charge in [0.05, 0.1) is 5.56 Å². The van der Waals surface area contributed by atoms with Gasteiger partial charge in [-0.3, -0.25) is 4.79 Å². The summed E-state index contributed by atoms with van der Waals surface area (Å²) < 4.78 is 30.8. The van der Waals surface area contributed by atoms with Crippen molar-refractivity contribution in [1.82, 2.24) is 4.57 Å². The predicted molar refractivity (Wildman–Crippen MR) is 100 cm³/mol. The second-order valence-electron chi connectivity index (χ2n) is 6.21. The third-order valence-corrected chi connectivity index (χ3v) is 4.34. The molecule has 3 aromatic rings. The topological polar surface area (TPSA) is 43.3 Å². The van der Waals surface area contributed by atoms with Gasteiger partial charge >= 0.3 is 6.61 Å². The lowest BCUT2D eigenvalue weighted by Crippen LogP contribution is -2.13. The van der Waals surface area contributed by atoms with Crippen LogP contribution in [0.15, 0.2) is 60.7 Å². The Morgan fingerprint density at radius 1 is 1.07 bits per heavy atom. The molecular formula is C21H20F2N2O2. The van der Waals surface area contributed by atoms with E-state index >= 15 is 0 Å². The summed E-state index contributed by atoms with van der Waals surface area (Å²) in [6, 6.07) is 17.7. The number of amides is 1. The van der Waals surface area contributed by atoms with Gasteiger partial charge in [0.1, 0.15) is 5.75 Å². The Morgan fingerprint density at radius 3 is 2.37 bits per heavy atom. The molecule has 0 saturated carbocycles. The molecule has 0 aliphatic heterocycles. The van der Waals surface area contributed by atoms with Crippen molar-refractivity contribution in [3.8, 4) is 5.75 Å². The quantitative estimate of drug-likeness (QED) is 0.663. The monoisotopic (exact) mass is 370 g/mol. The van der Waals surface area contributed by atoms with E-state index < -0.39 is 6.61 Å². The highest BCUT2D eigenvalue weighted by atomic mass is 19.3. The molecule has 0 spiro atoms. The van der Waals surface area contributed by atoms with E-state index in [1.54, 1.807) is 0 Å². The first-order valence-corrected chi connectivity index (χ1v) is 8.51. The molecule has 2 aromatic carbocycles.